The van der Waals surface area contributed by atoms with Crippen LogP contribution < -0.4 is 9.47 Å². The molecule has 0 bridgehead atoms. The van der Waals surface area contributed by atoms with Crippen molar-refractivity contribution in [3.8, 4) is 11.5 Å². The second-order valence-electron chi connectivity index (χ2n) is 4.42. The van der Waals surface area contributed by atoms with Crippen LogP contribution in [0.3, 0.4) is 0 Å². The zero-order valence-corrected chi connectivity index (χ0v) is 12.8. The van der Waals surface area contributed by atoms with Crippen molar-refractivity contribution >= 4 is 17.1 Å². The van der Waals surface area contributed by atoms with Gasteiger partial charge in [0.1, 0.15) is 5.01 Å². The summed E-state index contributed by atoms with van der Waals surface area (Å²) >= 11 is 1.57. The smallest absolute Gasteiger partial charge is 0.169 e. The van der Waals surface area contributed by atoms with E-state index in [0.29, 0.717) is 23.5 Å². The first-order valence-electron chi connectivity index (χ1n) is 6.23. The van der Waals surface area contributed by atoms with Crippen LogP contribution in [0.5, 0.6) is 11.5 Å². The molecule has 4 nitrogen and oxygen atoms in total. The molecule has 0 atom stereocenters. The maximum absolute atomic E-state index is 12.3. The van der Waals surface area contributed by atoms with E-state index >= 15 is 0 Å². The Hall–Kier alpha value is -1.88. The fourth-order valence-electron chi connectivity index (χ4n) is 1.86. The van der Waals surface area contributed by atoms with Gasteiger partial charge in [0.05, 0.1) is 26.3 Å². The van der Waals surface area contributed by atoms with Crippen LogP contribution in [0, 0.1) is 13.8 Å². The summed E-state index contributed by atoms with van der Waals surface area (Å²) in [5, 5.41) is 0.847. The normalized spacial score (nSPS) is 10.4. The van der Waals surface area contributed by atoms with Crippen molar-refractivity contribution in [2.24, 2.45) is 0 Å². The number of hydrogen-bond acceptors (Lipinski definition) is 5. The Morgan fingerprint density at radius 3 is 2.45 bits per heavy atom. The SMILES string of the molecule is COc1ccc(C(=O)Cc2nc(C)c(C)s2)cc1OC. The highest BCUT2D eigenvalue weighted by molar-refractivity contribution is 7.11. The maximum Gasteiger partial charge on any atom is 0.169 e. The number of hydrogen-bond donors (Lipinski definition) is 0. The van der Waals surface area contributed by atoms with Crippen LogP contribution in [0.4, 0.5) is 0 Å². The van der Waals surface area contributed by atoms with E-state index in [2.05, 4.69) is 4.98 Å². The van der Waals surface area contributed by atoms with E-state index in [-0.39, 0.29) is 5.78 Å². The molecule has 0 aliphatic carbocycles. The highest BCUT2D eigenvalue weighted by Crippen LogP contribution is 2.28. The summed E-state index contributed by atoms with van der Waals surface area (Å²) < 4.78 is 10.4. The van der Waals surface area contributed by atoms with Crippen molar-refractivity contribution in [3.63, 3.8) is 0 Å². The molecule has 0 saturated heterocycles. The van der Waals surface area contributed by atoms with E-state index < -0.39 is 0 Å². The number of ether oxygens (including phenoxy) is 2. The molecule has 20 heavy (non-hydrogen) atoms. The molecule has 0 unspecified atom stereocenters. The van der Waals surface area contributed by atoms with E-state index in [1.807, 2.05) is 13.8 Å². The summed E-state index contributed by atoms with van der Waals surface area (Å²) in [5.41, 5.74) is 1.60. The third-order valence-corrected chi connectivity index (χ3v) is 4.16. The Morgan fingerprint density at radius 1 is 1.20 bits per heavy atom. The van der Waals surface area contributed by atoms with Gasteiger partial charge in [-0.2, -0.15) is 0 Å². The first-order chi connectivity index (χ1) is 9.55. The lowest BCUT2D eigenvalue weighted by atomic mass is 10.1. The molecule has 1 heterocycles. The van der Waals surface area contributed by atoms with Crippen molar-refractivity contribution in [2.45, 2.75) is 20.3 Å². The molecule has 0 saturated carbocycles. The predicted octanol–water partition coefficient (Wildman–Crippen LogP) is 3.20. The number of carbonyl (C=O) groups is 1. The third kappa shape index (κ3) is 2.99. The van der Waals surface area contributed by atoms with Gasteiger partial charge < -0.3 is 9.47 Å². The Labute approximate surface area is 122 Å². The highest BCUT2D eigenvalue weighted by Gasteiger charge is 2.14. The fraction of sp³-hybridized carbons (Fsp3) is 0.333. The van der Waals surface area contributed by atoms with Gasteiger partial charge in [0.2, 0.25) is 0 Å². The molecule has 2 rings (SSSR count). The Bertz CT molecular complexity index is 615. The zero-order valence-electron chi connectivity index (χ0n) is 12.0. The first kappa shape index (κ1) is 14.5. The van der Waals surface area contributed by atoms with Gasteiger partial charge in [-0.3, -0.25) is 4.79 Å². The summed E-state index contributed by atoms with van der Waals surface area (Å²) in [5.74, 6) is 1.20. The minimum Gasteiger partial charge on any atom is -0.493 e. The molecule has 0 spiro atoms. The zero-order chi connectivity index (χ0) is 14.7. The fourth-order valence-corrected chi connectivity index (χ4v) is 2.80. The summed E-state index contributed by atoms with van der Waals surface area (Å²) in [4.78, 5) is 17.8. The van der Waals surface area contributed by atoms with Gasteiger partial charge in [0.25, 0.3) is 0 Å². The minimum absolute atomic E-state index is 0.0275. The van der Waals surface area contributed by atoms with Crippen molar-refractivity contribution in [2.75, 3.05) is 14.2 Å². The van der Waals surface area contributed by atoms with Crippen LogP contribution in [-0.2, 0) is 6.42 Å². The van der Waals surface area contributed by atoms with Gasteiger partial charge >= 0.3 is 0 Å². The molecule has 0 aliphatic rings. The van der Waals surface area contributed by atoms with Crippen LogP contribution in [0.2, 0.25) is 0 Å². The van der Waals surface area contributed by atoms with Crippen LogP contribution >= 0.6 is 11.3 Å². The molecule has 5 heteroatoms. The van der Waals surface area contributed by atoms with Gasteiger partial charge in [0, 0.05) is 10.4 Å². The molecule has 0 radical (unpaired) electrons. The lowest BCUT2D eigenvalue weighted by Gasteiger charge is -2.08. The molecule has 0 aliphatic heterocycles. The number of thiazole rings is 1. The topological polar surface area (TPSA) is 48.4 Å². The van der Waals surface area contributed by atoms with Crippen LogP contribution in [-0.4, -0.2) is 25.0 Å². The average Bonchev–Trinajstić information content (AvgIpc) is 2.76. The first-order valence-corrected chi connectivity index (χ1v) is 7.05. The highest BCUT2D eigenvalue weighted by atomic mass is 32.1. The van der Waals surface area contributed by atoms with Gasteiger partial charge in [-0.05, 0) is 32.0 Å². The summed E-state index contributed by atoms with van der Waals surface area (Å²) in [6.45, 7) is 3.97. The molecule has 2 aromatic rings. The third-order valence-electron chi connectivity index (χ3n) is 3.09. The number of benzene rings is 1. The number of ketones is 1. The van der Waals surface area contributed by atoms with Gasteiger partial charge in [-0.1, -0.05) is 0 Å². The van der Waals surface area contributed by atoms with Gasteiger partial charge in [-0.15, -0.1) is 11.3 Å². The number of aryl methyl sites for hydroxylation is 2. The van der Waals surface area contributed by atoms with Gasteiger partial charge in [0.15, 0.2) is 17.3 Å². The predicted molar refractivity (Wildman–Crippen MR) is 79.2 cm³/mol. The second kappa shape index (κ2) is 6.05. The maximum atomic E-state index is 12.3. The number of carbonyl (C=O) groups excluding carboxylic acids is 1. The Balaban J connectivity index is 2.20. The molecule has 1 aromatic carbocycles. The number of methoxy groups -OCH3 is 2. The Morgan fingerprint density at radius 2 is 1.90 bits per heavy atom. The quantitative estimate of drug-likeness (QED) is 0.794. The number of aromatic nitrogens is 1. The van der Waals surface area contributed by atoms with E-state index in [1.165, 1.54) is 0 Å². The largest absolute Gasteiger partial charge is 0.493 e. The molecule has 106 valence electrons. The van der Waals surface area contributed by atoms with E-state index in [1.54, 1.807) is 43.8 Å². The Kier molecular flexibility index (Phi) is 4.39. The van der Waals surface area contributed by atoms with E-state index in [0.717, 1.165) is 15.6 Å². The number of nitrogens with zero attached hydrogens (tertiary/aromatic N) is 1. The summed E-state index contributed by atoms with van der Waals surface area (Å²) in [7, 11) is 3.13. The molecule has 0 N–H and O–H groups in total. The van der Waals surface area contributed by atoms with E-state index in [9.17, 15) is 4.79 Å². The summed E-state index contributed by atoms with van der Waals surface area (Å²) in [6.07, 6.45) is 0.314. The molecule has 0 fully saturated rings. The molecule has 0 amide bonds. The minimum atomic E-state index is 0.0275. The van der Waals surface area contributed by atoms with Crippen molar-refractivity contribution in [3.05, 3.63) is 39.3 Å². The monoisotopic (exact) mass is 291 g/mol. The molecule has 1 aromatic heterocycles. The average molecular weight is 291 g/mol. The van der Waals surface area contributed by atoms with Crippen LogP contribution in [0.25, 0.3) is 0 Å². The standard InChI is InChI=1S/C15H17NO3S/c1-9-10(2)20-15(16-9)8-12(17)11-5-6-13(18-3)14(7-11)19-4/h5-7H,8H2,1-4H3. The number of rotatable bonds is 5. The molecular formula is C15H17NO3S. The van der Waals surface area contributed by atoms with E-state index in [4.69, 9.17) is 9.47 Å². The lowest BCUT2D eigenvalue weighted by Crippen LogP contribution is -2.04. The van der Waals surface area contributed by atoms with Crippen LogP contribution in [0.1, 0.15) is 25.9 Å². The van der Waals surface area contributed by atoms with Crippen LogP contribution in [0.15, 0.2) is 18.2 Å². The summed E-state index contributed by atoms with van der Waals surface area (Å²) in [6, 6.07) is 5.19. The second-order valence-corrected chi connectivity index (χ2v) is 5.71. The molecular weight excluding hydrogens is 274 g/mol. The lowest BCUT2D eigenvalue weighted by molar-refractivity contribution is 0.0992. The van der Waals surface area contributed by atoms with Gasteiger partial charge in [-0.25, -0.2) is 4.98 Å². The van der Waals surface area contributed by atoms with Crippen molar-refractivity contribution in [1.29, 1.82) is 0 Å². The van der Waals surface area contributed by atoms with Crippen molar-refractivity contribution in [1.82, 2.24) is 4.98 Å². The number of Topliss-reactive ketones (excluding diaryl/α,β-unsaturated/α-hetero) is 1. The van der Waals surface area contributed by atoms with Crippen molar-refractivity contribution < 1.29 is 14.3 Å².